The highest BCUT2D eigenvalue weighted by Crippen LogP contribution is 2.32. The second kappa shape index (κ2) is 13.9. The quantitative estimate of drug-likeness (QED) is 0.0807. The third-order valence-corrected chi connectivity index (χ3v) is 9.14. The molecule has 1 atom stereocenters. The number of ether oxygens (including phenoxy) is 1. The molecule has 1 aromatic heterocycles. The Morgan fingerprint density at radius 3 is 2.36 bits per heavy atom. The summed E-state index contributed by atoms with van der Waals surface area (Å²) < 4.78 is 34.1. The lowest BCUT2D eigenvalue weighted by molar-refractivity contribution is -0.133. The van der Waals surface area contributed by atoms with Crippen LogP contribution in [0.5, 0.6) is 5.75 Å². The van der Waals surface area contributed by atoms with Crippen LogP contribution in [-0.2, 0) is 14.8 Å². The topological polar surface area (TPSA) is 166 Å². The van der Waals surface area contributed by atoms with Crippen LogP contribution in [0.2, 0.25) is 10.0 Å². The number of sulfonamides is 1. The van der Waals surface area contributed by atoms with Crippen LogP contribution in [0.3, 0.4) is 0 Å². The Kier molecular flexibility index (Phi) is 9.91. The van der Waals surface area contributed by atoms with Gasteiger partial charge in [0, 0.05) is 36.7 Å². The van der Waals surface area contributed by atoms with E-state index in [9.17, 15) is 18.0 Å². The fourth-order valence-electron chi connectivity index (χ4n) is 4.47. The Morgan fingerprint density at radius 2 is 1.68 bits per heavy atom. The highest BCUT2D eigenvalue weighted by molar-refractivity contribution is 7.92. The largest absolute Gasteiger partial charge is 0.493 e. The zero-order chi connectivity index (χ0) is 33.9. The fourth-order valence-corrected chi connectivity index (χ4v) is 6.10. The first-order chi connectivity index (χ1) is 22.3. The number of carbonyl (C=O) groups is 2. The van der Waals surface area contributed by atoms with E-state index in [0.29, 0.717) is 27.8 Å². The molecule has 0 aliphatic heterocycles. The Balaban J connectivity index is 1.27. The predicted molar refractivity (Wildman–Crippen MR) is 182 cm³/mol. The molecular weight excluding hydrogens is 667 g/mol. The molecule has 0 fully saturated rings. The van der Waals surface area contributed by atoms with E-state index in [1.165, 1.54) is 42.5 Å². The van der Waals surface area contributed by atoms with E-state index in [2.05, 4.69) is 20.0 Å². The molecule has 0 bridgehead atoms. The molecule has 5 N–H and O–H groups in total. The number of imidazole rings is 1. The third-order valence-electron chi connectivity index (χ3n) is 7.12. The number of hydrogen-bond donors (Lipinski definition) is 5. The highest BCUT2D eigenvalue weighted by Gasteiger charge is 2.20. The first-order valence-corrected chi connectivity index (χ1v) is 16.4. The minimum atomic E-state index is -4.07. The minimum Gasteiger partial charge on any atom is -0.493 e. The number of hydroxylamine groups is 1. The first kappa shape index (κ1) is 33.5. The van der Waals surface area contributed by atoms with Crippen LogP contribution in [0.1, 0.15) is 17.3 Å². The van der Waals surface area contributed by atoms with Gasteiger partial charge >= 0.3 is 0 Å². The van der Waals surface area contributed by atoms with Gasteiger partial charge in [-0.15, -0.1) is 0 Å². The van der Waals surface area contributed by atoms with Crippen molar-refractivity contribution < 1.29 is 28.0 Å². The number of aromatic nitrogens is 2. The van der Waals surface area contributed by atoms with E-state index in [1.54, 1.807) is 30.6 Å². The number of anilines is 3. The Morgan fingerprint density at radius 1 is 0.957 bits per heavy atom. The van der Waals surface area contributed by atoms with E-state index < -0.39 is 27.8 Å². The van der Waals surface area contributed by atoms with Crippen LogP contribution in [0.15, 0.2) is 83.8 Å². The van der Waals surface area contributed by atoms with Crippen molar-refractivity contribution in [1.29, 1.82) is 0 Å². The fraction of sp³-hybridized carbons (Fsp3) is 0.156. The summed E-state index contributed by atoms with van der Waals surface area (Å²) in [6, 6.07) is 20.6. The Hall–Kier alpha value is -4.82. The molecule has 5 aromatic rings. The summed E-state index contributed by atoms with van der Waals surface area (Å²) in [5.74, 6) is -0.819. The number of rotatable bonds is 11. The van der Waals surface area contributed by atoms with Crippen molar-refractivity contribution >= 4 is 73.1 Å². The summed E-state index contributed by atoms with van der Waals surface area (Å²) in [7, 11) is -0.170. The molecule has 2 amide bonds. The number of halogens is 2. The number of hydrogen-bond acceptors (Lipinski definition) is 8. The smallest absolute Gasteiger partial charge is 0.261 e. The number of benzene rings is 4. The highest BCUT2D eigenvalue weighted by atomic mass is 35.5. The molecule has 1 heterocycles. The molecular formula is C32H30Cl2N6O6S. The summed E-state index contributed by atoms with van der Waals surface area (Å²) >= 11 is 12.9. The molecule has 47 heavy (non-hydrogen) atoms. The van der Waals surface area contributed by atoms with Gasteiger partial charge in [0.05, 0.1) is 44.1 Å². The molecule has 0 radical (unpaired) electrons. The molecule has 5 rings (SSSR count). The average molecular weight is 698 g/mol. The van der Waals surface area contributed by atoms with Gasteiger partial charge in [-0.2, -0.15) is 0 Å². The number of amides is 2. The van der Waals surface area contributed by atoms with Crippen molar-refractivity contribution in [3.63, 3.8) is 0 Å². The van der Waals surface area contributed by atoms with Gasteiger partial charge in [-0.1, -0.05) is 30.1 Å². The number of H-pyrrole nitrogens is 1. The molecule has 15 heteroatoms. The molecule has 1 unspecified atom stereocenters. The van der Waals surface area contributed by atoms with Crippen LogP contribution in [0.4, 0.5) is 17.1 Å². The van der Waals surface area contributed by atoms with Crippen molar-refractivity contribution in [2.24, 2.45) is 5.92 Å². The van der Waals surface area contributed by atoms with Crippen molar-refractivity contribution in [1.82, 2.24) is 15.4 Å². The van der Waals surface area contributed by atoms with Crippen molar-refractivity contribution in [3.8, 4) is 17.1 Å². The van der Waals surface area contributed by atoms with Crippen molar-refractivity contribution in [3.05, 3.63) is 94.5 Å². The van der Waals surface area contributed by atoms with Crippen LogP contribution >= 0.6 is 23.2 Å². The molecule has 0 aliphatic carbocycles. The minimum absolute atomic E-state index is 0.00829. The predicted octanol–water partition coefficient (Wildman–Crippen LogP) is 6.18. The van der Waals surface area contributed by atoms with E-state index >= 15 is 0 Å². The van der Waals surface area contributed by atoms with Crippen LogP contribution in [0.25, 0.3) is 22.4 Å². The van der Waals surface area contributed by atoms with Crippen LogP contribution in [0, 0.1) is 5.92 Å². The molecule has 244 valence electrons. The van der Waals surface area contributed by atoms with Gasteiger partial charge in [0.15, 0.2) is 0 Å². The van der Waals surface area contributed by atoms with Gasteiger partial charge in [0.25, 0.3) is 15.9 Å². The van der Waals surface area contributed by atoms with Crippen molar-refractivity contribution in [2.45, 2.75) is 11.8 Å². The average Bonchev–Trinajstić information content (AvgIpc) is 3.48. The molecule has 4 aromatic carbocycles. The number of fused-ring (bicyclic) bond motifs is 1. The van der Waals surface area contributed by atoms with Crippen molar-refractivity contribution in [2.75, 3.05) is 35.6 Å². The number of aromatic amines is 1. The Labute approximate surface area is 280 Å². The molecule has 0 saturated carbocycles. The normalized spacial score (nSPS) is 12.0. The summed E-state index contributed by atoms with van der Waals surface area (Å²) in [6.45, 7) is 1.58. The van der Waals surface area contributed by atoms with Gasteiger partial charge in [-0.25, -0.2) is 18.9 Å². The molecule has 0 aliphatic rings. The SMILES string of the molecule is CC(COc1ccc(NS(=O)(=O)c2ccc(C(=O)Nc3ccc(Cl)c(-c4nc5ccc(N(C)C)cc5[nH]4)c3)c(Cl)c2)cc1)C(=O)NO. The number of carbonyl (C=O) groups excluding carboxylic acids is 2. The first-order valence-electron chi connectivity index (χ1n) is 14.1. The zero-order valence-corrected chi connectivity index (χ0v) is 27.7. The second-order valence-electron chi connectivity index (χ2n) is 10.8. The standard InChI is InChI=1S/C32H30Cl2N6O6S/c1-18(31(41)38-43)17-46-22-8-4-19(5-9-22)39-47(44,45)23-10-11-24(27(34)16-23)32(42)35-20-6-12-26(33)25(14-20)30-36-28-13-7-21(40(2)3)15-29(28)37-30/h4-16,18,39,43H,17H2,1-3H3,(H,35,42)(H,36,37)(H,38,41). The lowest BCUT2D eigenvalue weighted by Gasteiger charge is -2.13. The van der Waals surface area contributed by atoms with Gasteiger partial charge in [0.1, 0.15) is 11.6 Å². The summed E-state index contributed by atoms with van der Waals surface area (Å²) in [6.07, 6.45) is 0. The molecule has 0 saturated heterocycles. The summed E-state index contributed by atoms with van der Waals surface area (Å²) in [5, 5.41) is 11.8. The van der Waals surface area contributed by atoms with E-state index in [4.69, 9.17) is 33.1 Å². The maximum absolute atomic E-state index is 13.2. The summed E-state index contributed by atoms with van der Waals surface area (Å²) in [5.41, 5.74) is 5.47. The third kappa shape index (κ3) is 7.77. The van der Waals surface area contributed by atoms with Crippen LogP contribution in [-0.4, -0.2) is 56.1 Å². The summed E-state index contributed by atoms with van der Waals surface area (Å²) in [4.78, 5) is 34.3. The maximum atomic E-state index is 13.2. The molecule has 0 spiro atoms. The van der Waals surface area contributed by atoms with Gasteiger partial charge < -0.3 is 19.9 Å². The van der Waals surface area contributed by atoms with Gasteiger partial charge in [0.2, 0.25) is 5.91 Å². The number of nitrogens with one attached hydrogen (secondary N) is 4. The van der Waals surface area contributed by atoms with E-state index in [0.717, 1.165) is 16.7 Å². The van der Waals surface area contributed by atoms with Gasteiger partial charge in [-0.05, 0) is 78.9 Å². The molecule has 12 nitrogen and oxygen atoms in total. The van der Waals surface area contributed by atoms with Crippen LogP contribution < -0.4 is 25.2 Å². The zero-order valence-electron chi connectivity index (χ0n) is 25.3. The lowest BCUT2D eigenvalue weighted by Crippen LogP contribution is -2.29. The monoisotopic (exact) mass is 696 g/mol. The lowest BCUT2D eigenvalue weighted by atomic mass is 10.1. The number of nitrogens with zero attached hydrogens (tertiary/aromatic N) is 2. The van der Waals surface area contributed by atoms with Gasteiger partial charge in [-0.3, -0.25) is 19.5 Å². The Bertz CT molecular complexity index is 2070. The van der Waals surface area contributed by atoms with E-state index in [1.807, 2.05) is 37.2 Å². The second-order valence-corrected chi connectivity index (χ2v) is 13.3. The maximum Gasteiger partial charge on any atom is 0.261 e. The van der Waals surface area contributed by atoms with E-state index in [-0.39, 0.29) is 27.8 Å².